The van der Waals surface area contributed by atoms with Crippen LogP contribution in [0.1, 0.15) is 11.1 Å². The van der Waals surface area contributed by atoms with Crippen molar-refractivity contribution in [2.75, 3.05) is 5.32 Å². The van der Waals surface area contributed by atoms with E-state index < -0.39 is 0 Å². The summed E-state index contributed by atoms with van der Waals surface area (Å²) in [5.74, 6) is 0.802. The molecule has 0 saturated carbocycles. The number of fused-ring (bicyclic) bond motifs is 2. The maximum absolute atomic E-state index is 12.1. The van der Waals surface area contributed by atoms with E-state index in [1.165, 1.54) is 11.1 Å². The molecule has 4 rings (SSSR count). The van der Waals surface area contributed by atoms with Gasteiger partial charge in [-0.3, -0.25) is 4.79 Å². The highest BCUT2D eigenvalue weighted by Crippen LogP contribution is 2.24. The van der Waals surface area contributed by atoms with Crippen LogP contribution in [0.2, 0.25) is 0 Å². The molecule has 1 aliphatic carbocycles. The first-order valence-electron chi connectivity index (χ1n) is 7.25. The van der Waals surface area contributed by atoms with E-state index in [4.69, 9.17) is 0 Å². The fourth-order valence-electron chi connectivity index (χ4n) is 3.17. The minimum atomic E-state index is -0.0360. The molecule has 0 saturated heterocycles. The molecule has 3 aromatic rings. The van der Waals surface area contributed by atoms with E-state index in [1.807, 2.05) is 30.3 Å². The number of pyridine rings is 1. The number of anilines is 1. The number of hydrogen-bond donors (Lipinski definition) is 2. The molecule has 0 atom stereocenters. The maximum Gasteiger partial charge on any atom is 0.257 e. The lowest BCUT2D eigenvalue weighted by Crippen LogP contribution is -2.22. The van der Waals surface area contributed by atoms with Crippen LogP contribution in [0, 0.1) is 0 Å². The van der Waals surface area contributed by atoms with Crippen molar-refractivity contribution >= 4 is 16.6 Å². The lowest BCUT2D eigenvalue weighted by atomic mass is 10.1. The van der Waals surface area contributed by atoms with E-state index in [0.29, 0.717) is 6.04 Å². The second kappa shape index (κ2) is 4.77. The van der Waals surface area contributed by atoms with Gasteiger partial charge in [0.1, 0.15) is 5.82 Å². The Labute approximate surface area is 122 Å². The number of rotatable bonds is 2. The number of hydrogen-bond acceptors (Lipinski definition) is 2. The summed E-state index contributed by atoms with van der Waals surface area (Å²) in [6.07, 6.45) is 2.01. The Morgan fingerprint density at radius 2 is 1.62 bits per heavy atom. The van der Waals surface area contributed by atoms with Gasteiger partial charge in [0.15, 0.2) is 0 Å². The second-order valence-electron chi connectivity index (χ2n) is 5.62. The van der Waals surface area contributed by atoms with Gasteiger partial charge in [-0.25, -0.2) is 0 Å². The van der Waals surface area contributed by atoms with E-state index in [2.05, 4.69) is 34.6 Å². The number of aromatic nitrogens is 1. The molecule has 3 heteroatoms. The van der Waals surface area contributed by atoms with Gasteiger partial charge in [-0.1, -0.05) is 42.5 Å². The smallest absolute Gasteiger partial charge is 0.257 e. The van der Waals surface area contributed by atoms with E-state index in [9.17, 15) is 4.79 Å². The molecule has 0 radical (unpaired) electrons. The number of benzene rings is 2. The van der Waals surface area contributed by atoms with Gasteiger partial charge in [0.25, 0.3) is 5.56 Å². The van der Waals surface area contributed by atoms with Gasteiger partial charge >= 0.3 is 0 Å². The van der Waals surface area contributed by atoms with Crippen molar-refractivity contribution in [1.82, 2.24) is 4.98 Å². The van der Waals surface area contributed by atoms with Crippen LogP contribution in [0.15, 0.2) is 59.4 Å². The van der Waals surface area contributed by atoms with Crippen LogP contribution in [0.4, 0.5) is 5.82 Å². The van der Waals surface area contributed by atoms with Crippen molar-refractivity contribution in [3.8, 4) is 0 Å². The van der Waals surface area contributed by atoms with Gasteiger partial charge in [0.05, 0.1) is 0 Å². The summed E-state index contributed by atoms with van der Waals surface area (Å²) < 4.78 is 0. The molecule has 2 aromatic carbocycles. The van der Waals surface area contributed by atoms with Gasteiger partial charge in [-0.05, 0) is 41.5 Å². The maximum atomic E-state index is 12.1. The molecule has 0 spiro atoms. The summed E-state index contributed by atoms with van der Waals surface area (Å²) in [6, 6.07) is 18.6. The molecular formula is C18H16N2O. The van der Waals surface area contributed by atoms with E-state index >= 15 is 0 Å². The molecule has 21 heavy (non-hydrogen) atoms. The summed E-state index contributed by atoms with van der Waals surface area (Å²) in [7, 11) is 0. The quantitative estimate of drug-likeness (QED) is 0.755. The molecule has 0 unspecified atom stereocenters. The van der Waals surface area contributed by atoms with Crippen molar-refractivity contribution in [3.63, 3.8) is 0 Å². The van der Waals surface area contributed by atoms with Crippen molar-refractivity contribution in [3.05, 3.63) is 76.1 Å². The number of aromatic amines is 1. The lowest BCUT2D eigenvalue weighted by molar-refractivity contribution is 0.768. The van der Waals surface area contributed by atoms with Gasteiger partial charge < -0.3 is 10.3 Å². The molecule has 0 fully saturated rings. The lowest BCUT2D eigenvalue weighted by Gasteiger charge is -2.13. The largest absolute Gasteiger partial charge is 0.368 e. The van der Waals surface area contributed by atoms with E-state index in [0.717, 1.165) is 29.4 Å². The molecule has 1 aromatic heterocycles. The zero-order chi connectivity index (χ0) is 14.2. The Hall–Kier alpha value is -2.55. The predicted molar refractivity (Wildman–Crippen MR) is 85.8 cm³/mol. The number of H-pyrrole nitrogens is 1. The minimum absolute atomic E-state index is 0.0360. The average Bonchev–Trinajstić information content (AvgIpc) is 2.89. The molecule has 1 heterocycles. The summed E-state index contributed by atoms with van der Waals surface area (Å²) >= 11 is 0. The highest BCUT2D eigenvalue weighted by molar-refractivity contribution is 5.83. The molecule has 3 nitrogen and oxygen atoms in total. The van der Waals surface area contributed by atoms with Gasteiger partial charge in [0, 0.05) is 11.4 Å². The number of nitrogens with one attached hydrogen (secondary N) is 2. The SMILES string of the molecule is O=c1[nH]c(NC2Cc3ccccc3C2)cc2ccccc12. The zero-order valence-electron chi connectivity index (χ0n) is 11.6. The first kappa shape index (κ1) is 12.2. The van der Waals surface area contributed by atoms with Gasteiger partial charge in [-0.15, -0.1) is 0 Å². The predicted octanol–water partition coefficient (Wildman–Crippen LogP) is 3.11. The van der Waals surface area contributed by atoms with Crippen LogP contribution in [0.3, 0.4) is 0 Å². The molecule has 1 aliphatic rings. The molecule has 0 bridgehead atoms. The molecule has 0 aliphatic heterocycles. The molecule has 2 N–H and O–H groups in total. The normalized spacial score (nSPS) is 14.3. The molecule has 0 amide bonds. The fourth-order valence-corrected chi connectivity index (χ4v) is 3.17. The third-order valence-corrected chi connectivity index (χ3v) is 4.16. The van der Waals surface area contributed by atoms with Crippen LogP contribution in [-0.4, -0.2) is 11.0 Å². The van der Waals surface area contributed by atoms with E-state index in [1.54, 1.807) is 0 Å². The highest BCUT2D eigenvalue weighted by atomic mass is 16.1. The van der Waals surface area contributed by atoms with E-state index in [-0.39, 0.29) is 5.56 Å². The topological polar surface area (TPSA) is 44.9 Å². The Balaban J connectivity index is 1.63. The third-order valence-electron chi connectivity index (χ3n) is 4.16. The second-order valence-corrected chi connectivity index (χ2v) is 5.62. The first-order chi connectivity index (χ1) is 10.3. The average molecular weight is 276 g/mol. The van der Waals surface area contributed by atoms with Crippen molar-refractivity contribution in [2.45, 2.75) is 18.9 Å². The van der Waals surface area contributed by atoms with Crippen molar-refractivity contribution < 1.29 is 0 Å². The monoisotopic (exact) mass is 276 g/mol. The summed E-state index contributed by atoms with van der Waals surface area (Å²) in [6.45, 7) is 0. The van der Waals surface area contributed by atoms with Crippen molar-refractivity contribution in [1.29, 1.82) is 0 Å². The standard InChI is InChI=1S/C18H16N2O/c21-18-16-8-4-3-7-14(16)11-17(20-18)19-15-9-12-5-1-2-6-13(12)10-15/h1-8,11,15H,9-10H2,(H2,19,20,21). The molecular weight excluding hydrogens is 260 g/mol. The van der Waals surface area contributed by atoms with Crippen molar-refractivity contribution in [2.24, 2.45) is 0 Å². The van der Waals surface area contributed by atoms with Crippen LogP contribution >= 0.6 is 0 Å². The Morgan fingerprint density at radius 1 is 0.952 bits per heavy atom. The first-order valence-corrected chi connectivity index (χ1v) is 7.25. The third kappa shape index (κ3) is 2.21. The van der Waals surface area contributed by atoms with Gasteiger partial charge in [0.2, 0.25) is 0 Å². The Bertz CT molecular complexity index is 841. The Morgan fingerprint density at radius 3 is 2.38 bits per heavy atom. The minimum Gasteiger partial charge on any atom is -0.368 e. The summed E-state index contributed by atoms with van der Waals surface area (Å²) in [5.41, 5.74) is 2.77. The highest BCUT2D eigenvalue weighted by Gasteiger charge is 2.20. The molecule has 104 valence electrons. The van der Waals surface area contributed by atoms with Crippen LogP contribution in [0.25, 0.3) is 10.8 Å². The zero-order valence-corrected chi connectivity index (χ0v) is 11.6. The summed E-state index contributed by atoms with van der Waals surface area (Å²) in [4.78, 5) is 15.0. The van der Waals surface area contributed by atoms with Crippen LogP contribution in [0.5, 0.6) is 0 Å². The van der Waals surface area contributed by atoms with Crippen LogP contribution < -0.4 is 10.9 Å². The fraction of sp³-hybridized carbons (Fsp3) is 0.167. The summed E-state index contributed by atoms with van der Waals surface area (Å²) in [5, 5.41) is 5.17. The Kier molecular flexibility index (Phi) is 2.78. The van der Waals surface area contributed by atoms with Crippen LogP contribution in [-0.2, 0) is 12.8 Å². The van der Waals surface area contributed by atoms with Gasteiger partial charge in [-0.2, -0.15) is 0 Å².